The van der Waals surface area contributed by atoms with E-state index in [1.807, 2.05) is 20.8 Å². The largest absolute Gasteiger partial charge is 0.355 e. The van der Waals surface area contributed by atoms with Crippen molar-refractivity contribution in [2.24, 2.45) is 5.73 Å². The maximum absolute atomic E-state index is 11.7. The Balaban J connectivity index is 3.73. The molecule has 0 radical (unpaired) electrons. The zero-order valence-electron chi connectivity index (χ0n) is 11.9. The van der Waals surface area contributed by atoms with Crippen molar-refractivity contribution in [1.82, 2.24) is 10.2 Å². The summed E-state index contributed by atoms with van der Waals surface area (Å²) in [6.07, 6.45) is 2.74. The van der Waals surface area contributed by atoms with E-state index in [-0.39, 0.29) is 11.8 Å². The highest BCUT2D eigenvalue weighted by atomic mass is 16.2. The summed E-state index contributed by atoms with van der Waals surface area (Å²) in [7, 11) is 0. The number of nitrogens with one attached hydrogen (secondary N) is 1. The maximum Gasteiger partial charge on any atom is 0.236 e. The quantitative estimate of drug-likeness (QED) is 0.602. The molecule has 0 aliphatic heterocycles. The zero-order valence-corrected chi connectivity index (χ0v) is 11.9. The van der Waals surface area contributed by atoms with Gasteiger partial charge in [-0.25, -0.2) is 0 Å². The van der Waals surface area contributed by atoms with E-state index < -0.39 is 6.04 Å². The van der Waals surface area contributed by atoms with E-state index in [4.69, 9.17) is 5.73 Å². The van der Waals surface area contributed by atoms with Crippen molar-refractivity contribution in [3.05, 3.63) is 0 Å². The lowest BCUT2D eigenvalue weighted by atomic mass is 10.1. The van der Waals surface area contributed by atoms with Gasteiger partial charge in [0, 0.05) is 26.1 Å². The van der Waals surface area contributed by atoms with Crippen LogP contribution in [0.15, 0.2) is 0 Å². The summed E-state index contributed by atoms with van der Waals surface area (Å²) in [6.45, 7) is 7.92. The Hall–Kier alpha value is -1.10. The predicted molar refractivity (Wildman–Crippen MR) is 73.1 cm³/mol. The second kappa shape index (κ2) is 9.88. The van der Waals surface area contributed by atoms with Crippen molar-refractivity contribution in [3.63, 3.8) is 0 Å². The van der Waals surface area contributed by atoms with Crippen LogP contribution >= 0.6 is 0 Å². The Morgan fingerprint density at radius 1 is 1.22 bits per heavy atom. The number of carbonyl (C=O) groups excluding carboxylic acids is 2. The minimum atomic E-state index is -0.423. The van der Waals surface area contributed by atoms with Crippen LogP contribution in [0.1, 0.15) is 46.5 Å². The Labute approximate surface area is 110 Å². The van der Waals surface area contributed by atoms with Gasteiger partial charge in [-0.3, -0.25) is 9.59 Å². The molecule has 0 heterocycles. The highest BCUT2D eigenvalue weighted by molar-refractivity contribution is 5.81. The fraction of sp³-hybridized carbons (Fsp3) is 0.846. The molecule has 18 heavy (non-hydrogen) atoms. The molecule has 1 atom stereocenters. The molecule has 2 amide bonds. The number of amides is 2. The van der Waals surface area contributed by atoms with Gasteiger partial charge in [-0.15, -0.1) is 0 Å². The molecule has 0 saturated carbocycles. The van der Waals surface area contributed by atoms with E-state index >= 15 is 0 Å². The molecular formula is C13H27N3O2. The SMILES string of the molecule is CCCC(N)C(=O)NCCCC(=O)N(CC)CC. The molecule has 0 bridgehead atoms. The van der Waals surface area contributed by atoms with Crippen molar-refractivity contribution in [2.45, 2.75) is 52.5 Å². The second-order valence-corrected chi connectivity index (χ2v) is 4.36. The average molecular weight is 257 g/mol. The molecule has 0 aromatic carbocycles. The summed E-state index contributed by atoms with van der Waals surface area (Å²) >= 11 is 0. The van der Waals surface area contributed by atoms with Crippen LogP contribution in [-0.4, -0.2) is 42.4 Å². The second-order valence-electron chi connectivity index (χ2n) is 4.36. The third-order valence-corrected chi connectivity index (χ3v) is 2.92. The fourth-order valence-corrected chi connectivity index (χ4v) is 1.76. The molecule has 3 N–H and O–H groups in total. The van der Waals surface area contributed by atoms with Gasteiger partial charge in [0.1, 0.15) is 0 Å². The zero-order chi connectivity index (χ0) is 14.0. The summed E-state index contributed by atoms with van der Waals surface area (Å²) in [5.74, 6) is 0.0271. The monoisotopic (exact) mass is 257 g/mol. The van der Waals surface area contributed by atoms with Gasteiger partial charge >= 0.3 is 0 Å². The minimum absolute atomic E-state index is 0.118. The normalized spacial score (nSPS) is 12.0. The molecule has 5 nitrogen and oxygen atoms in total. The number of carbonyl (C=O) groups is 2. The van der Waals surface area contributed by atoms with Crippen molar-refractivity contribution in [1.29, 1.82) is 0 Å². The van der Waals surface area contributed by atoms with Crippen LogP contribution < -0.4 is 11.1 Å². The first-order valence-corrected chi connectivity index (χ1v) is 6.87. The Kier molecular flexibility index (Phi) is 9.28. The first-order valence-electron chi connectivity index (χ1n) is 6.87. The molecule has 0 aliphatic carbocycles. The molecule has 5 heteroatoms. The van der Waals surface area contributed by atoms with Gasteiger partial charge in [-0.2, -0.15) is 0 Å². The highest BCUT2D eigenvalue weighted by Crippen LogP contribution is 1.98. The lowest BCUT2D eigenvalue weighted by molar-refractivity contribution is -0.131. The Morgan fingerprint density at radius 3 is 2.33 bits per heavy atom. The molecule has 0 aliphatic rings. The molecule has 0 saturated heterocycles. The van der Waals surface area contributed by atoms with Crippen molar-refractivity contribution in [3.8, 4) is 0 Å². The van der Waals surface area contributed by atoms with Gasteiger partial charge in [0.2, 0.25) is 11.8 Å². The highest BCUT2D eigenvalue weighted by Gasteiger charge is 2.12. The molecule has 0 fully saturated rings. The van der Waals surface area contributed by atoms with E-state index in [9.17, 15) is 9.59 Å². The first-order chi connectivity index (χ1) is 8.56. The number of hydrogen-bond acceptors (Lipinski definition) is 3. The molecule has 0 aromatic heterocycles. The van der Waals surface area contributed by atoms with Gasteiger partial charge in [0.05, 0.1) is 6.04 Å². The van der Waals surface area contributed by atoms with E-state index in [0.717, 1.165) is 19.5 Å². The molecule has 106 valence electrons. The van der Waals surface area contributed by atoms with Crippen LogP contribution in [0, 0.1) is 0 Å². The van der Waals surface area contributed by atoms with Crippen molar-refractivity contribution >= 4 is 11.8 Å². The molecule has 0 spiro atoms. The lowest BCUT2D eigenvalue weighted by Gasteiger charge is -2.18. The predicted octanol–water partition coefficient (Wildman–Crippen LogP) is 0.879. The van der Waals surface area contributed by atoms with E-state index in [1.165, 1.54) is 0 Å². The molecule has 0 aromatic rings. The molecule has 1 unspecified atom stereocenters. The maximum atomic E-state index is 11.7. The minimum Gasteiger partial charge on any atom is -0.355 e. The molecule has 0 rings (SSSR count). The average Bonchev–Trinajstić information content (AvgIpc) is 2.36. The van der Waals surface area contributed by atoms with Gasteiger partial charge in [-0.05, 0) is 26.7 Å². The number of nitrogens with two attached hydrogens (primary N) is 1. The van der Waals surface area contributed by atoms with E-state index in [1.54, 1.807) is 4.90 Å². The standard InChI is InChI=1S/C13H27N3O2/c1-4-8-11(14)13(18)15-10-7-9-12(17)16(5-2)6-3/h11H,4-10,14H2,1-3H3,(H,15,18). The van der Waals surface area contributed by atoms with Crippen LogP contribution in [0.5, 0.6) is 0 Å². The van der Waals surface area contributed by atoms with Crippen LogP contribution in [0.4, 0.5) is 0 Å². The topological polar surface area (TPSA) is 75.4 Å². The summed E-state index contributed by atoms with van der Waals surface area (Å²) < 4.78 is 0. The summed E-state index contributed by atoms with van der Waals surface area (Å²) in [6, 6.07) is -0.423. The van der Waals surface area contributed by atoms with Gasteiger partial charge in [-0.1, -0.05) is 13.3 Å². The fourth-order valence-electron chi connectivity index (χ4n) is 1.76. The summed E-state index contributed by atoms with van der Waals surface area (Å²) in [4.78, 5) is 25.0. The number of nitrogens with zero attached hydrogens (tertiary/aromatic N) is 1. The Bertz CT molecular complexity index is 253. The number of hydrogen-bond donors (Lipinski definition) is 2. The smallest absolute Gasteiger partial charge is 0.236 e. The number of rotatable bonds is 9. The summed E-state index contributed by atoms with van der Waals surface area (Å²) in [5.41, 5.74) is 5.67. The van der Waals surface area contributed by atoms with Crippen LogP contribution in [-0.2, 0) is 9.59 Å². The summed E-state index contributed by atoms with van der Waals surface area (Å²) in [5, 5.41) is 2.76. The van der Waals surface area contributed by atoms with Crippen molar-refractivity contribution in [2.75, 3.05) is 19.6 Å². The van der Waals surface area contributed by atoms with Gasteiger partial charge < -0.3 is 16.0 Å². The lowest BCUT2D eigenvalue weighted by Crippen LogP contribution is -2.41. The Morgan fingerprint density at radius 2 is 1.83 bits per heavy atom. The van der Waals surface area contributed by atoms with Gasteiger partial charge in [0.25, 0.3) is 0 Å². The van der Waals surface area contributed by atoms with Crippen LogP contribution in [0.3, 0.4) is 0 Å². The van der Waals surface area contributed by atoms with E-state index in [0.29, 0.717) is 25.8 Å². The molecular weight excluding hydrogens is 230 g/mol. The van der Waals surface area contributed by atoms with Crippen LogP contribution in [0.25, 0.3) is 0 Å². The van der Waals surface area contributed by atoms with Gasteiger partial charge in [0.15, 0.2) is 0 Å². The van der Waals surface area contributed by atoms with Crippen LogP contribution in [0.2, 0.25) is 0 Å². The first kappa shape index (κ1) is 16.9. The van der Waals surface area contributed by atoms with Crippen molar-refractivity contribution < 1.29 is 9.59 Å². The van der Waals surface area contributed by atoms with E-state index in [2.05, 4.69) is 5.32 Å². The third-order valence-electron chi connectivity index (χ3n) is 2.92. The third kappa shape index (κ3) is 6.59.